The van der Waals surface area contributed by atoms with Gasteiger partial charge in [0.2, 0.25) is 0 Å². The second-order valence-electron chi connectivity index (χ2n) is 8.48. The Kier molecular flexibility index (Phi) is 5.95. The van der Waals surface area contributed by atoms with Crippen molar-refractivity contribution >= 4 is 23.2 Å². The van der Waals surface area contributed by atoms with Crippen LogP contribution >= 0.6 is 7.26 Å². The van der Waals surface area contributed by atoms with E-state index in [-0.39, 0.29) is 5.16 Å². The van der Waals surface area contributed by atoms with Crippen LogP contribution in [0.2, 0.25) is 0 Å². The molecule has 1 heteroatoms. The van der Waals surface area contributed by atoms with Crippen molar-refractivity contribution in [2.24, 2.45) is 0 Å². The third kappa shape index (κ3) is 3.52. The fraction of sp³-hybridized carbons (Fsp3) is 0.0625. The molecule has 0 aliphatic heterocycles. The fourth-order valence-corrected chi connectivity index (χ4v) is 10.6. The van der Waals surface area contributed by atoms with Crippen LogP contribution in [0.25, 0.3) is 0 Å². The number of benzene rings is 5. The Morgan fingerprint density at radius 1 is 0.364 bits per heavy atom. The van der Waals surface area contributed by atoms with Crippen molar-refractivity contribution in [3.8, 4) is 0 Å². The van der Waals surface area contributed by atoms with E-state index in [1.807, 2.05) is 0 Å². The van der Waals surface area contributed by atoms with Gasteiger partial charge in [0.25, 0.3) is 0 Å². The van der Waals surface area contributed by atoms with Gasteiger partial charge < -0.3 is 0 Å². The average Bonchev–Trinajstić information content (AvgIpc) is 2.92. The van der Waals surface area contributed by atoms with Crippen LogP contribution in [0, 0.1) is 0 Å². The van der Waals surface area contributed by atoms with Gasteiger partial charge in [0.15, 0.2) is 0 Å². The molecule has 0 nitrogen and oxygen atoms in total. The van der Waals surface area contributed by atoms with Crippen molar-refractivity contribution in [3.05, 3.63) is 163 Å². The molecule has 0 spiro atoms. The lowest BCUT2D eigenvalue weighted by atomic mass is 9.92. The van der Waals surface area contributed by atoms with Gasteiger partial charge in [-0.25, -0.2) is 0 Å². The van der Waals surface area contributed by atoms with Gasteiger partial charge >= 0.3 is 0 Å². The van der Waals surface area contributed by atoms with Gasteiger partial charge in [-0.1, -0.05) is 115 Å². The molecule has 0 atom stereocenters. The lowest BCUT2D eigenvalue weighted by Gasteiger charge is -2.43. The van der Waals surface area contributed by atoms with Crippen molar-refractivity contribution < 1.29 is 0 Å². The molecule has 0 saturated carbocycles. The molecule has 0 unspecified atom stereocenters. The lowest BCUT2D eigenvalue weighted by Crippen LogP contribution is -2.45. The molecule has 5 aromatic carbocycles. The Morgan fingerprint density at radius 3 is 0.879 bits per heavy atom. The Labute approximate surface area is 197 Å². The van der Waals surface area contributed by atoms with Crippen LogP contribution in [0.15, 0.2) is 152 Å². The molecule has 0 radical (unpaired) electrons. The van der Waals surface area contributed by atoms with Crippen LogP contribution in [0.5, 0.6) is 0 Å². The Hall–Kier alpha value is -3.47. The molecule has 0 amide bonds. The van der Waals surface area contributed by atoms with E-state index in [1.165, 1.54) is 27.0 Å². The summed E-state index contributed by atoms with van der Waals surface area (Å²) in [6.45, 7) is 2.46. The molecule has 5 aromatic rings. The van der Waals surface area contributed by atoms with E-state index in [4.69, 9.17) is 0 Å². The highest BCUT2D eigenvalue weighted by Crippen LogP contribution is 2.72. The normalized spacial score (nSPS) is 11.8. The molecular weight excluding hydrogens is 415 g/mol. The molecule has 0 fully saturated rings. The molecule has 0 heterocycles. The lowest BCUT2D eigenvalue weighted by molar-refractivity contribution is 0.821. The smallest absolute Gasteiger partial charge is 0.0622 e. The predicted molar refractivity (Wildman–Crippen MR) is 144 cm³/mol. The van der Waals surface area contributed by atoms with E-state index in [1.54, 1.807) is 0 Å². The van der Waals surface area contributed by atoms with E-state index in [0.717, 1.165) is 0 Å². The minimum Gasteiger partial charge on any atom is -0.0622 e. The van der Waals surface area contributed by atoms with Crippen molar-refractivity contribution in [1.82, 2.24) is 0 Å². The quantitative estimate of drug-likeness (QED) is 0.249. The number of hydrogen-bond acceptors (Lipinski definition) is 0. The first-order valence-corrected chi connectivity index (χ1v) is 13.2. The van der Waals surface area contributed by atoms with Crippen molar-refractivity contribution in [3.63, 3.8) is 0 Å². The molecule has 33 heavy (non-hydrogen) atoms. The SMILES string of the molecule is CC(c1ccccc1)(c1ccccc1)[P+](c1ccccc1)(c1ccccc1)c1ccccc1. The van der Waals surface area contributed by atoms with Gasteiger partial charge in [0.1, 0.15) is 28.3 Å². The van der Waals surface area contributed by atoms with Gasteiger partial charge in [-0.2, -0.15) is 0 Å². The van der Waals surface area contributed by atoms with Crippen LogP contribution < -0.4 is 15.9 Å². The van der Waals surface area contributed by atoms with E-state index in [9.17, 15) is 0 Å². The Morgan fingerprint density at radius 2 is 0.606 bits per heavy atom. The molecule has 0 aliphatic carbocycles. The summed E-state index contributed by atoms with van der Waals surface area (Å²) in [6, 6.07) is 55.6. The second kappa shape index (κ2) is 9.18. The molecule has 0 bridgehead atoms. The summed E-state index contributed by atoms with van der Waals surface area (Å²) in [4.78, 5) is 0. The monoisotopic (exact) mass is 443 g/mol. The van der Waals surface area contributed by atoms with Crippen LogP contribution in [-0.2, 0) is 5.16 Å². The van der Waals surface area contributed by atoms with Gasteiger partial charge in [0, 0.05) is 11.1 Å². The zero-order valence-electron chi connectivity index (χ0n) is 18.9. The van der Waals surface area contributed by atoms with Crippen molar-refractivity contribution in [2.75, 3.05) is 0 Å². The van der Waals surface area contributed by atoms with Crippen molar-refractivity contribution in [2.45, 2.75) is 12.1 Å². The second-order valence-corrected chi connectivity index (χ2v) is 12.3. The van der Waals surface area contributed by atoms with E-state index in [2.05, 4.69) is 159 Å². The summed E-state index contributed by atoms with van der Waals surface area (Å²) in [6.07, 6.45) is 0. The fourth-order valence-electron chi connectivity index (χ4n) is 5.26. The van der Waals surface area contributed by atoms with Crippen LogP contribution in [0.4, 0.5) is 0 Å². The van der Waals surface area contributed by atoms with E-state index in [0.29, 0.717) is 0 Å². The third-order valence-corrected chi connectivity index (χ3v) is 11.8. The predicted octanol–water partition coefficient (Wildman–Crippen LogP) is 6.94. The molecule has 0 aliphatic rings. The Bertz CT molecular complexity index is 1150. The van der Waals surface area contributed by atoms with Crippen LogP contribution in [0.3, 0.4) is 0 Å². The minimum atomic E-state index is -2.22. The average molecular weight is 444 g/mol. The third-order valence-electron chi connectivity index (χ3n) is 6.77. The molecular formula is C32H28P+. The summed E-state index contributed by atoms with van der Waals surface area (Å²) in [5.41, 5.74) is 2.67. The zero-order chi connectivity index (χ0) is 22.6. The van der Waals surface area contributed by atoms with Gasteiger partial charge in [-0.15, -0.1) is 0 Å². The summed E-state index contributed by atoms with van der Waals surface area (Å²) < 4.78 is 0. The highest BCUT2D eigenvalue weighted by Gasteiger charge is 2.61. The first-order valence-electron chi connectivity index (χ1n) is 11.4. The maximum atomic E-state index is 2.46. The summed E-state index contributed by atoms with van der Waals surface area (Å²) in [5, 5.41) is 3.88. The van der Waals surface area contributed by atoms with Gasteiger partial charge in [-0.3, -0.25) is 0 Å². The number of rotatable bonds is 6. The largest absolute Gasteiger partial charge is 0.141 e. The molecule has 0 aromatic heterocycles. The highest BCUT2D eigenvalue weighted by molar-refractivity contribution is 7.96. The van der Waals surface area contributed by atoms with Crippen molar-refractivity contribution in [1.29, 1.82) is 0 Å². The van der Waals surface area contributed by atoms with Crippen LogP contribution in [0.1, 0.15) is 18.1 Å². The maximum absolute atomic E-state index is 2.46. The van der Waals surface area contributed by atoms with Gasteiger partial charge in [0.05, 0.1) is 0 Å². The summed E-state index contributed by atoms with van der Waals surface area (Å²) >= 11 is 0. The molecule has 0 N–H and O–H groups in total. The highest BCUT2D eigenvalue weighted by atomic mass is 31.2. The zero-order valence-corrected chi connectivity index (χ0v) is 19.8. The van der Waals surface area contributed by atoms with Gasteiger partial charge in [-0.05, 0) is 43.3 Å². The molecule has 5 rings (SSSR count). The van der Waals surface area contributed by atoms with Crippen LogP contribution in [-0.4, -0.2) is 0 Å². The summed E-state index contributed by atoms with van der Waals surface area (Å²) in [7, 11) is -2.22. The van der Waals surface area contributed by atoms with E-state index >= 15 is 0 Å². The molecule has 160 valence electrons. The standard InChI is InChI=1S/C32H28P/c1-32(27-17-7-2-8-18-27,28-19-9-3-10-20-28)33(29-21-11-4-12-22-29,30-23-13-5-14-24-30)31-25-15-6-16-26-31/h2-26H,1H3/q+1. The maximum Gasteiger partial charge on any atom is 0.141 e. The Balaban J connectivity index is 2.01. The first kappa shape index (κ1) is 21.4. The number of hydrogen-bond donors (Lipinski definition) is 0. The minimum absolute atomic E-state index is 0.278. The summed E-state index contributed by atoms with van der Waals surface area (Å²) in [5.74, 6) is 0. The van der Waals surface area contributed by atoms with E-state index < -0.39 is 7.26 Å². The topological polar surface area (TPSA) is 0 Å². The molecule has 0 saturated heterocycles. The first-order chi connectivity index (χ1) is 16.3.